The Morgan fingerprint density at radius 3 is 2.59 bits per heavy atom. The molecule has 0 radical (unpaired) electrons. The summed E-state index contributed by atoms with van der Waals surface area (Å²) in [5.74, 6) is -1.11. The number of carbonyl (C=O) groups is 3. The predicted molar refractivity (Wildman–Crippen MR) is 80.8 cm³/mol. The van der Waals surface area contributed by atoms with Crippen molar-refractivity contribution in [2.24, 2.45) is 10.8 Å². The molecule has 3 amide bonds. The zero-order valence-electron chi connectivity index (χ0n) is 12.7. The molecule has 22 heavy (non-hydrogen) atoms. The quantitative estimate of drug-likeness (QED) is 0.539. The van der Waals surface area contributed by atoms with Gasteiger partial charge < -0.3 is 16.4 Å². The first-order valence-corrected chi connectivity index (χ1v) is 7.70. The van der Waals surface area contributed by atoms with Crippen LogP contribution in [0.15, 0.2) is 5.10 Å². The van der Waals surface area contributed by atoms with Gasteiger partial charge in [0.05, 0.1) is 18.5 Å². The van der Waals surface area contributed by atoms with Crippen LogP contribution in [0.5, 0.6) is 0 Å². The maximum atomic E-state index is 12.4. The fourth-order valence-corrected chi connectivity index (χ4v) is 2.67. The summed E-state index contributed by atoms with van der Waals surface area (Å²) in [5, 5.41) is 9.35. The molecule has 1 saturated carbocycles. The molecule has 0 aromatic carbocycles. The maximum Gasteiger partial charge on any atom is 0.269 e. The Morgan fingerprint density at radius 2 is 1.95 bits per heavy atom. The smallest absolute Gasteiger partial charge is 0.269 e. The fourth-order valence-electron chi connectivity index (χ4n) is 2.67. The van der Waals surface area contributed by atoms with Gasteiger partial charge in [-0.05, 0) is 19.8 Å². The van der Waals surface area contributed by atoms with Crippen LogP contribution in [-0.4, -0.2) is 41.6 Å². The summed E-state index contributed by atoms with van der Waals surface area (Å²) in [6.45, 7) is 1.54. The minimum Gasteiger partial charge on any atom is -0.348 e. The minimum absolute atomic E-state index is 0.0185. The normalized spacial score (nSPS) is 24.0. The number of carbonyl (C=O) groups excluding carboxylic acids is 3. The molecule has 1 aliphatic heterocycles. The zero-order chi connectivity index (χ0) is 16.1. The predicted octanol–water partition coefficient (Wildman–Crippen LogP) is -0.857. The maximum absolute atomic E-state index is 12.4. The van der Waals surface area contributed by atoms with Crippen LogP contribution in [0.3, 0.4) is 0 Å². The van der Waals surface area contributed by atoms with Crippen LogP contribution in [0.25, 0.3) is 0 Å². The van der Waals surface area contributed by atoms with Gasteiger partial charge in [-0.15, -0.1) is 0 Å². The summed E-state index contributed by atoms with van der Waals surface area (Å²) in [5.41, 5.74) is 7.92. The molecule has 2 unspecified atom stereocenters. The third-order valence-corrected chi connectivity index (χ3v) is 3.92. The van der Waals surface area contributed by atoms with E-state index in [1.807, 2.05) is 0 Å². The van der Waals surface area contributed by atoms with Crippen LogP contribution in [0.4, 0.5) is 0 Å². The molecule has 1 heterocycles. The third kappa shape index (κ3) is 4.27. The number of nitrogens with zero attached hydrogens (tertiary/aromatic N) is 1. The second kappa shape index (κ2) is 7.35. The summed E-state index contributed by atoms with van der Waals surface area (Å²) in [4.78, 5) is 35.5. The Balaban J connectivity index is 2.02. The minimum atomic E-state index is -0.740. The van der Waals surface area contributed by atoms with Crippen molar-refractivity contribution in [3.63, 3.8) is 0 Å². The largest absolute Gasteiger partial charge is 0.348 e. The Bertz CT molecular complexity index is 483. The molecule has 0 aromatic rings. The van der Waals surface area contributed by atoms with Gasteiger partial charge in [0.2, 0.25) is 11.8 Å². The van der Waals surface area contributed by atoms with Crippen LogP contribution in [0.1, 0.15) is 45.4 Å². The third-order valence-electron chi connectivity index (χ3n) is 3.92. The molecule has 122 valence electrons. The monoisotopic (exact) mass is 309 g/mol. The van der Waals surface area contributed by atoms with Gasteiger partial charge in [-0.25, -0.2) is 5.43 Å². The Hall–Kier alpha value is -1.96. The van der Waals surface area contributed by atoms with Crippen molar-refractivity contribution in [1.82, 2.24) is 16.1 Å². The molecule has 1 fully saturated rings. The molecule has 5 N–H and O–H groups in total. The molecule has 2 rings (SSSR count). The van der Waals surface area contributed by atoms with Crippen LogP contribution in [0.2, 0.25) is 0 Å². The number of amides is 3. The van der Waals surface area contributed by atoms with E-state index in [2.05, 4.69) is 21.2 Å². The highest BCUT2D eigenvalue weighted by Crippen LogP contribution is 2.17. The van der Waals surface area contributed by atoms with Crippen LogP contribution in [0, 0.1) is 0 Å². The van der Waals surface area contributed by atoms with Gasteiger partial charge in [0, 0.05) is 6.04 Å². The number of rotatable bonds is 4. The molecule has 0 spiro atoms. The Kier molecular flexibility index (Phi) is 5.48. The Labute approximate surface area is 129 Å². The van der Waals surface area contributed by atoms with Crippen LogP contribution in [-0.2, 0) is 14.4 Å². The summed E-state index contributed by atoms with van der Waals surface area (Å²) in [6, 6.07) is -1.32. The van der Waals surface area contributed by atoms with Crippen LogP contribution < -0.4 is 21.8 Å². The number of hydrogen-bond donors (Lipinski definition) is 4. The van der Waals surface area contributed by atoms with Crippen molar-refractivity contribution in [1.29, 1.82) is 0 Å². The van der Waals surface area contributed by atoms with Crippen molar-refractivity contribution < 1.29 is 14.4 Å². The average Bonchev–Trinajstić information content (AvgIpc) is 2.48. The summed E-state index contributed by atoms with van der Waals surface area (Å²) in [7, 11) is 0. The number of hydrogen-bond acceptors (Lipinski definition) is 5. The van der Waals surface area contributed by atoms with Crippen molar-refractivity contribution in [3.05, 3.63) is 0 Å². The first-order valence-electron chi connectivity index (χ1n) is 7.70. The lowest BCUT2D eigenvalue weighted by Gasteiger charge is -2.27. The average molecular weight is 309 g/mol. The number of nitrogens with one attached hydrogen (secondary N) is 3. The lowest BCUT2D eigenvalue weighted by atomic mass is 9.95. The second-order valence-corrected chi connectivity index (χ2v) is 5.89. The van der Waals surface area contributed by atoms with E-state index in [0.717, 1.165) is 25.7 Å². The first-order chi connectivity index (χ1) is 10.5. The van der Waals surface area contributed by atoms with E-state index in [1.165, 1.54) is 13.3 Å². The lowest BCUT2D eigenvalue weighted by Crippen LogP contribution is -2.56. The fraction of sp³-hybridized carbons (Fsp3) is 0.714. The standard InChI is InChI=1S/C14H23N5O3/c1-8(15)13(21)17-10-7-11(20)18-19-12(10)14(22)16-9-5-3-2-4-6-9/h8-10H,2-7,15H2,1H3,(H,16,22)(H,17,21)(H,18,20). The van der Waals surface area contributed by atoms with Crippen LogP contribution >= 0.6 is 0 Å². The van der Waals surface area contributed by atoms with Gasteiger partial charge in [-0.3, -0.25) is 14.4 Å². The highest BCUT2D eigenvalue weighted by atomic mass is 16.2. The molecule has 0 aromatic heterocycles. The van der Waals surface area contributed by atoms with Gasteiger partial charge in [0.25, 0.3) is 5.91 Å². The number of hydrazone groups is 1. The highest BCUT2D eigenvalue weighted by molar-refractivity contribution is 6.42. The van der Waals surface area contributed by atoms with Crippen molar-refractivity contribution in [2.45, 2.75) is 63.6 Å². The van der Waals surface area contributed by atoms with E-state index in [-0.39, 0.29) is 30.0 Å². The first kappa shape index (κ1) is 16.4. The van der Waals surface area contributed by atoms with Crippen molar-refractivity contribution >= 4 is 23.4 Å². The van der Waals surface area contributed by atoms with E-state index in [9.17, 15) is 14.4 Å². The lowest BCUT2D eigenvalue weighted by molar-refractivity contribution is -0.124. The summed E-state index contributed by atoms with van der Waals surface area (Å²) >= 11 is 0. The Morgan fingerprint density at radius 1 is 1.27 bits per heavy atom. The second-order valence-electron chi connectivity index (χ2n) is 5.89. The van der Waals surface area contributed by atoms with Gasteiger partial charge in [-0.1, -0.05) is 19.3 Å². The van der Waals surface area contributed by atoms with E-state index in [0.29, 0.717) is 0 Å². The van der Waals surface area contributed by atoms with E-state index in [1.54, 1.807) is 0 Å². The molecule has 1 aliphatic carbocycles. The molecule has 2 aliphatic rings. The van der Waals surface area contributed by atoms with Gasteiger partial charge in [-0.2, -0.15) is 5.10 Å². The molecule has 0 saturated heterocycles. The van der Waals surface area contributed by atoms with Gasteiger partial charge in [0.1, 0.15) is 5.71 Å². The molecule has 8 nitrogen and oxygen atoms in total. The molecule has 8 heteroatoms. The van der Waals surface area contributed by atoms with Crippen molar-refractivity contribution in [2.75, 3.05) is 0 Å². The zero-order valence-corrected chi connectivity index (χ0v) is 12.7. The van der Waals surface area contributed by atoms with E-state index in [4.69, 9.17) is 5.73 Å². The topological polar surface area (TPSA) is 126 Å². The summed E-state index contributed by atoms with van der Waals surface area (Å²) in [6.07, 6.45) is 5.26. The molecule has 2 atom stereocenters. The number of nitrogens with two attached hydrogens (primary N) is 1. The SMILES string of the molecule is CC(N)C(=O)NC1CC(=O)NN=C1C(=O)NC1CCCCC1. The molecular weight excluding hydrogens is 286 g/mol. The summed E-state index contributed by atoms with van der Waals surface area (Å²) < 4.78 is 0. The van der Waals surface area contributed by atoms with Crippen molar-refractivity contribution in [3.8, 4) is 0 Å². The van der Waals surface area contributed by atoms with Gasteiger partial charge in [0.15, 0.2) is 0 Å². The molecule has 0 bridgehead atoms. The van der Waals surface area contributed by atoms with E-state index < -0.39 is 18.0 Å². The van der Waals surface area contributed by atoms with E-state index >= 15 is 0 Å². The highest BCUT2D eigenvalue weighted by Gasteiger charge is 2.32. The van der Waals surface area contributed by atoms with Gasteiger partial charge >= 0.3 is 0 Å². The molecular formula is C14H23N5O3.